The first-order valence-corrected chi connectivity index (χ1v) is 8.05. The van der Waals surface area contributed by atoms with Crippen molar-refractivity contribution in [2.45, 2.75) is 82.3 Å². The third-order valence-corrected chi connectivity index (χ3v) is 5.90. The van der Waals surface area contributed by atoms with Gasteiger partial charge in [0.1, 0.15) is 0 Å². The van der Waals surface area contributed by atoms with Crippen molar-refractivity contribution in [1.29, 1.82) is 0 Å². The van der Waals surface area contributed by atoms with Crippen LogP contribution in [0.1, 0.15) is 71.1 Å². The molecule has 2 aliphatic carbocycles. The average Bonchev–Trinajstić information content (AvgIpc) is 2.72. The van der Waals surface area contributed by atoms with Crippen LogP contribution in [0.4, 0.5) is 0 Å². The van der Waals surface area contributed by atoms with Crippen LogP contribution in [0, 0.1) is 11.8 Å². The Bertz CT molecular complexity index is 292. The van der Waals surface area contributed by atoms with Gasteiger partial charge in [0.25, 0.3) is 0 Å². The van der Waals surface area contributed by atoms with Crippen LogP contribution in [-0.4, -0.2) is 17.7 Å². The summed E-state index contributed by atoms with van der Waals surface area (Å²) in [6.07, 6.45) is 13.0. The van der Waals surface area contributed by atoms with Crippen molar-refractivity contribution in [3.63, 3.8) is 0 Å². The van der Waals surface area contributed by atoms with Gasteiger partial charge in [-0.25, -0.2) is 0 Å². The van der Waals surface area contributed by atoms with Crippen LogP contribution in [0.2, 0.25) is 0 Å². The molecule has 3 unspecified atom stereocenters. The molecule has 0 amide bonds. The van der Waals surface area contributed by atoms with E-state index in [0.29, 0.717) is 5.92 Å². The van der Waals surface area contributed by atoms with Gasteiger partial charge in [0, 0.05) is 12.1 Å². The molecule has 1 saturated heterocycles. The molecular weight excluding hydrogens is 222 g/mol. The summed E-state index contributed by atoms with van der Waals surface area (Å²) < 4.78 is 6.21. The highest BCUT2D eigenvalue weighted by molar-refractivity contribution is 5.02. The van der Waals surface area contributed by atoms with E-state index in [1.165, 1.54) is 64.2 Å². The van der Waals surface area contributed by atoms with E-state index in [9.17, 15) is 0 Å². The normalized spacial score (nSPS) is 44.3. The van der Waals surface area contributed by atoms with Crippen LogP contribution in [0.15, 0.2) is 0 Å². The van der Waals surface area contributed by atoms with E-state index in [2.05, 4.69) is 6.92 Å². The maximum Gasteiger partial charge on any atom is 0.0685 e. The minimum absolute atomic E-state index is 0.133. The summed E-state index contributed by atoms with van der Waals surface area (Å²) in [5, 5.41) is 0. The highest BCUT2D eigenvalue weighted by Crippen LogP contribution is 2.48. The lowest BCUT2D eigenvalue weighted by atomic mass is 9.69. The molecule has 1 heterocycles. The second kappa shape index (κ2) is 4.79. The molecule has 2 saturated carbocycles. The fourth-order valence-electron chi connectivity index (χ4n) is 4.80. The Kier molecular flexibility index (Phi) is 3.44. The molecule has 0 aromatic heterocycles. The molecular formula is C16H29NO. The number of rotatable bonds is 1. The zero-order chi connectivity index (χ0) is 12.6. The lowest BCUT2D eigenvalue weighted by Gasteiger charge is -2.48. The Labute approximate surface area is 112 Å². The minimum atomic E-state index is 0.133. The van der Waals surface area contributed by atoms with E-state index in [1.807, 2.05) is 0 Å². The van der Waals surface area contributed by atoms with Crippen LogP contribution < -0.4 is 5.73 Å². The molecule has 2 N–H and O–H groups in total. The molecule has 3 fully saturated rings. The van der Waals surface area contributed by atoms with Crippen molar-refractivity contribution in [2.24, 2.45) is 17.6 Å². The predicted molar refractivity (Wildman–Crippen MR) is 74.4 cm³/mol. The molecule has 1 aliphatic heterocycles. The van der Waals surface area contributed by atoms with E-state index in [0.717, 1.165) is 12.5 Å². The van der Waals surface area contributed by atoms with Crippen LogP contribution in [-0.2, 0) is 4.74 Å². The molecule has 1 spiro atoms. The molecule has 3 aliphatic rings. The zero-order valence-electron chi connectivity index (χ0n) is 11.9. The second-order valence-electron chi connectivity index (χ2n) is 7.36. The van der Waals surface area contributed by atoms with Gasteiger partial charge < -0.3 is 10.5 Å². The number of hydrogen-bond donors (Lipinski definition) is 1. The van der Waals surface area contributed by atoms with Crippen molar-refractivity contribution in [3.8, 4) is 0 Å². The molecule has 0 aromatic carbocycles. The smallest absolute Gasteiger partial charge is 0.0685 e. The summed E-state index contributed by atoms with van der Waals surface area (Å²) in [6.45, 7) is 3.32. The van der Waals surface area contributed by atoms with Gasteiger partial charge in [0.2, 0.25) is 0 Å². The molecule has 104 valence electrons. The van der Waals surface area contributed by atoms with Crippen molar-refractivity contribution in [2.75, 3.05) is 6.61 Å². The van der Waals surface area contributed by atoms with Gasteiger partial charge in [-0.05, 0) is 56.8 Å². The van der Waals surface area contributed by atoms with Crippen molar-refractivity contribution >= 4 is 0 Å². The monoisotopic (exact) mass is 251 g/mol. The minimum Gasteiger partial charge on any atom is -0.375 e. The third kappa shape index (κ3) is 2.34. The Morgan fingerprint density at radius 3 is 2.44 bits per heavy atom. The SMILES string of the molecule is CC1CCC(N)(C2CCOC3(CCCCC3)C2)C1. The first-order valence-electron chi connectivity index (χ1n) is 8.05. The fraction of sp³-hybridized carbons (Fsp3) is 1.00. The van der Waals surface area contributed by atoms with Crippen LogP contribution in [0.3, 0.4) is 0 Å². The van der Waals surface area contributed by atoms with Crippen molar-refractivity contribution in [1.82, 2.24) is 0 Å². The molecule has 3 rings (SSSR count). The van der Waals surface area contributed by atoms with Crippen LogP contribution >= 0.6 is 0 Å². The predicted octanol–water partition coefficient (Wildman–Crippen LogP) is 3.63. The molecule has 3 atom stereocenters. The standard InChI is InChI=1S/C16H29NO/c1-13-5-9-16(17,11-13)14-6-10-18-15(12-14)7-3-2-4-8-15/h13-14H,2-12,17H2,1H3. The Hall–Kier alpha value is -0.0800. The van der Waals surface area contributed by atoms with E-state index in [-0.39, 0.29) is 11.1 Å². The molecule has 0 aromatic rings. The van der Waals surface area contributed by atoms with E-state index in [1.54, 1.807) is 0 Å². The third-order valence-electron chi connectivity index (χ3n) is 5.90. The quantitative estimate of drug-likeness (QED) is 0.772. The van der Waals surface area contributed by atoms with Gasteiger partial charge in [-0.1, -0.05) is 26.2 Å². The van der Waals surface area contributed by atoms with Gasteiger partial charge in [0.15, 0.2) is 0 Å². The zero-order valence-corrected chi connectivity index (χ0v) is 11.9. The summed E-state index contributed by atoms with van der Waals surface area (Å²) in [6, 6.07) is 0. The fourth-order valence-corrected chi connectivity index (χ4v) is 4.80. The Balaban J connectivity index is 1.70. The Morgan fingerprint density at radius 1 is 1.00 bits per heavy atom. The summed E-state index contributed by atoms with van der Waals surface area (Å²) in [4.78, 5) is 0. The Morgan fingerprint density at radius 2 is 1.78 bits per heavy atom. The summed E-state index contributed by atoms with van der Waals surface area (Å²) >= 11 is 0. The highest BCUT2D eigenvalue weighted by Gasteiger charge is 2.47. The average molecular weight is 251 g/mol. The topological polar surface area (TPSA) is 35.2 Å². The highest BCUT2D eigenvalue weighted by atomic mass is 16.5. The van der Waals surface area contributed by atoms with E-state index < -0.39 is 0 Å². The first-order chi connectivity index (χ1) is 8.62. The van der Waals surface area contributed by atoms with Gasteiger partial charge in [0.05, 0.1) is 5.60 Å². The van der Waals surface area contributed by atoms with Crippen LogP contribution in [0.5, 0.6) is 0 Å². The molecule has 2 nitrogen and oxygen atoms in total. The van der Waals surface area contributed by atoms with Gasteiger partial charge in [-0.15, -0.1) is 0 Å². The summed E-state index contributed by atoms with van der Waals surface area (Å²) in [5.74, 6) is 1.55. The summed E-state index contributed by atoms with van der Waals surface area (Å²) in [5.41, 5.74) is 7.11. The van der Waals surface area contributed by atoms with Crippen LogP contribution in [0.25, 0.3) is 0 Å². The second-order valence-corrected chi connectivity index (χ2v) is 7.36. The van der Waals surface area contributed by atoms with Gasteiger partial charge in [-0.3, -0.25) is 0 Å². The maximum absolute atomic E-state index is 6.76. The molecule has 2 heteroatoms. The van der Waals surface area contributed by atoms with Gasteiger partial charge >= 0.3 is 0 Å². The maximum atomic E-state index is 6.76. The molecule has 18 heavy (non-hydrogen) atoms. The number of nitrogens with two attached hydrogens (primary N) is 1. The summed E-state index contributed by atoms with van der Waals surface area (Å²) in [7, 11) is 0. The molecule has 0 bridgehead atoms. The lowest BCUT2D eigenvalue weighted by Crippen LogP contribution is -2.52. The van der Waals surface area contributed by atoms with Gasteiger partial charge in [-0.2, -0.15) is 0 Å². The van der Waals surface area contributed by atoms with E-state index in [4.69, 9.17) is 10.5 Å². The largest absolute Gasteiger partial charge is 0.375 e. The molecule has 0 radical (unpaired) electrons. The van der Waals surface area contributed by atoms with Crippen molar-refractivity contribution < 1.29 is 4.74 Å². The number of ether oxygens (including phenoxy) is 1. The number of hydrogen-bond acceptors (Lipinski definition) is 2. The first kappa shape index (κ1) is 12.9. The lowest BCUT2D eigenvalue weighted by molar-refractivity contribution is -0.127. The van der Waals surface area contributed by atoms with Crippen molar-refractivity contribution in [3.05, 3.63) is 0 Å². The van der Waals surface area contributed by atoms with E-state index >= 15 is 0 Å².